The molecule has 3 unspecified atom stereocenters. The van der Waals surface area contributed by atoms with Crippen LogP contribution in [0.2, 0.25) is 0 Å². The number of ether oxygens (including phenoxy) is 1. The number of non-ortho nitro benzene ring substituents is 1. The van der Waals surface area contributed by atoms with E-state index in [-0.39, 0.29) is 17.6 Å². The second-order valence-corrected chi connectivity index (χ2v) is 8.18. The highest BCUT2D eigenvalue weighted by Gasteiger charge is 2.48. The van der Waals surface area contributed by atoms with Gasteiger partial charge in [-0.3, -0.25) is 14.9 Å². The van der Waals surface area contributed by atoms with Crippen molar-refractivity contribution in [3.63, 3.8) is 0 Å². The lowest BCUT2D eigenvalue weighted by atomic mass is 9.69. The molecular formula is C26H18N2O4. The van der Waals surface area contributed by atoms with E-state index in [1.165, 1.54) is 12.1 Å². The summed E-state index contributed by atoms with van der Waals surface area (Å²) in [6, 6.07) is 25.8. The van der Waals surface area contributed by atoms with Gasteiger partial charge < -0.3 is 10.1 Å². The summed E-state index contributed by atoms with van der Waals surface area (Å²) in [4.78, 5) is 24.3. The number of rotatable bonds is 2. The normalized spacial score (nSPS) is 21.0. The van der Waals surface area contributed by atoms with Gasteiger partial charge in [0.2, 0.25) is 0 Å². The molecule has 0 bridgehead atoms. The Morgan fingerprint density at radius 3 is 2.59 bits per heavy atom. The molecule has 2 heterocycles. The molecule has 6 heteroatoms. The number of benzene rings is 4. The lowest BCUT2D eigenvalue weighted by Crippen LogP contribution is -2.42. The monoisotopic (exact) mass is 422 g/mol. The van der Waals surface area contributed by atoms with Gasteiger partial charge in [0.25, 0.3) is 5.69 Å². The van der Waals surface area contributed by atoms with Gasteiger partial charge in [-0.2, -0.15) is 0 Å². The van der Waals surface area contributed by atoms with Crippen molar-refractivity contribution in [2.75, 3.05) is 5.32 Å². The molecule has 2 aliphatic rings. The molecule has 3 atom stereocenters. The molecule has 4 aromatic rings. The van der Waals surface area contributed by atoms with E-state index in [9.17, 15) is 14.9 Å². The summed E-state index contributed by atoms with van der Waals surface area (Å²) < 4.78 is 5.75. The number of hydrogen-bond donors (Lipinski definition) is 1. The van der Waals surface area contributed by atoms with Gasteiger partial charge in [0.1, 0.15) is 5.75 Å². The van der Waals surface area contributed by atoms with Gasteiger partial charge in [-0.1, -0.05) is 60.7 Å². The Hall–Kier alpha value is -4.19. The van der Waals surface area contributed by atoms with E-state index in [1.54, 1.807) is 6.07 Å². The van der Waals surface area contributed by atoms with Crippen LogP contribution in [0.3, 0.4) is 0 Å². The van der Waals surface area contributed by atoms with Crippen molar-refractivity contribution < 1.29 is 14.5 Å². The Morgan fingerprint density at radius 2 is 1.72 bits per heavy atom. The topological polar surface area (TPSA) is 81.5 Å². The number of carbonyl (C=O) groups is 1. The van der Waals surface area contributed by atoms with Gasteiger partial charge >= 0.3 is 5.97 Å². The van der Waals surface area contributed by atoms with E-state index in [1.807, 2.05) is 48.5 Å². The van der Waals surface area contributed by atoms with E-state index < -0.39 is 16.9 Å². The minimum atomic E-state index is -0.565. The lowest BCUT2D eigenvalue weighted by molar-refractivity contribution is -0.384. The van der Waals surface area contributed by atoms with Crippen LogP contribution in [0.5, 0.6) is 5.75 Å². The number of nitro benzene ring substituents is 1. The first kappa shape index (κ1) is 18.6. The third kappa shape index (κ3) is 2.69. The molecule has 0 fully saturated rings. The minimum absolute atomic E-state index is 0.00487. The van der Waals surface area contributed by atoms with Gasteiger partial charge in [-0.05, 0) is 34.0 Å². The second kappa shape index (κ2) is 6.92. The highest BCUT2D eigenvalue weighted by atomic mass is 16.6. The van der Waals surface area contributed by atoms with Crippen LogP contribution in [0.1, 0.15) is 28.7 Å². The summed E-state index contributed by atoms with van der Waals surface area (Å²) in [5, 5.41) is 17.1. The van der Waals surface area contributed by atoms with Crippen LogP contribution in [-0.4, -0.2) is 10.9 Å². The molecule has 6 nitrogen and oxygen atoms in total. The van der Waals surface area contributed by atoms with Gasteiger partial charge in [-0.25, -0.2) is 0 Å². The smallest absolute Gasteiger partial charge is 0.317 e. The standard InChI is InChI=1S/C26H18N2O4/c29-26-24-23(19-10-3-4-11-21(19)32-26)22-18-9-2-1-6-15(18)12-13-20(22)27-25(24)16-7-5-8-17(14-16)28(30)31/h1-14,23-25,27H. The fraction of sp³-hybridized carbons (Fsp3) is 0.115. The van der Waals surface area contributed by atoms with Crippen molar-refractivity contribution in [3.8, 4) is 5.75 Å². The third-order valence-electron chi connectivity index (χ3n) is 6.49. The van der Waals surface area contributed by atoms with Gasteiger partial charge in [0, 0.05) is 29.3 Å². The summed E-state index contributed by atoms with van der Waals surface area (Å²) in [5.41, 5.74) is 3.61. The van der Waals surface area contributed by atoms with E-state index in [2.05, 4.69) is 23.5 Å². The number of nitrogens with zero attached hydrogens (tertiary/aromatic N) is 1. The molecule has 1 N–H and O–H groups in total. The molecule has 32 heavy (non-hydrogen) atoms. The highest BCUT2D eigenvalue weighted by Crippen LogP contribution is 2.54. The van der Waals surface area contributed by atoms with Crippen LogP contribution in [0.4, 0.5) is 11.4 Å². The lowest BCUT2D eigenvalue weighted by Gasteiger charge is -2.43. The average molecular weight is 422 g/mol. The van der Waals surface area contributed by atoms with Crippen molar-refractivity contribution in [2.45, 2.75) is 12.0 Å². The molecule has 2 aliphatic heterocycles. The van der Waals surface area contributed by atoms with Crippen molar-refractivity contribution >= 4 is 28.1 Å². The molecule has 0 saturated carbocycles. The van der Waals surface area contributed by atoms with Crippen molar-refractivity contribution in [2.24, 2.45) is 5.92 Å². The van der Waals surface area contributed by atoms with Crippen LogP contribution in [-0.2, 0) is 4.79 Å². The molecular weight excluding hydrogens is 404 g/mol. The first-order valence-electron chi connectivity index (χ1n) is 10.4. The SMILES string of the molecule is O=C1Oc2ccccc2C2c3c(ccc4ccccc34)NC(c3cccc([N+](=O)[O-])c3)C12. The van der Waals surface area contributed by atoms with E-state index in [4.69, 9.17) is 4.74 Å². The molecule has 0 radical (unpaired) electrons. The number of nitro groups is 1. The van der Waals surface area contributed by atoms with Crippen molar-refractivity contribution in [3.05, 3.63) is 112 Å². The van der Waals surface area contributed by atoms with Crippen molar-refractivity contribution in [1.82, 2.24) is 0 Å². The maximum atomic E-state index is 13.3. The second-order valence-electron chi connectivity index (χ2n) is 8.18. The van der Waals surface area contributed by atoms with Crippen LogP contribution >= 0.6 is 0 Å². The number of para-hydroxylation sites is 1. The number of esters is 1. The van der Waals surface area contributed by atoms with Crippen LogP contribution in [0, 0.1) is 16.0 Å². The number of anilines is 1. The number of fused-ring (bicyclic) bond motifs is 7. The Morgan fingerprint density at radius 1 is 0.906 bits per heavy atom. The van der Waals surface area contributed by atoms with Gasteiger partial charge in [0.15, 0.2) is 0 Å². The molecule has 156 valence electrons. The Kier molecular flexibility index (Phi) is 4.01. The zero-order chi connectivity index (χ0) is 21.8. The molecule has 6 rings (SSSR count). The summed E-state index contributed by atoms with van der Waals surface area (Å²) >= 11 is 0. The fourth-order valence-corrected chi connectivity index (χ4v) is 5.14. The van der Waals surface area contributed by atoms with Crippen LogP contribution < -0.4 is 10.1 Å². The van der Waals surface area contributed by atoms with E-state index in [0.717, 1.165) is 27.6 Å². The first-order chi connectivity index (χ1) is 15.6. The van der Waals surface area contributed by atoms with Gasteiger partial charge in [0.05, 0.1) is 16.9 Å². The zero-order valence-corrected chi connectivity index (χ0v) is 16.9. The molecule has 0 spiro atoms. The van der Waals surface area contributed by atoms with Crippen molar-refractivity contribution in [1.29, 1.82) is 0 Å². The third-order valence-corrected chi connectivity index (χ3v) is 6.49. The highest BCUT2D eigenvalue weighted by molar-refractivity contribution is 5.95. The number of nitrogens with one attached hydrogen (secondary N) is 1. The maximum absolute atomic E-state index is 13.3. The Bertz CT molecular complexity index is 1410. The Labute approximate surface area is 183 Å². The first-order valence-corrected chi connectivity index (χ1v) is 10.4. The summed E-state index contributed by atoms with van der Waals surface area (Å²) in [5.74, 6) is -0.571. The number of hydrogen-bond acceptors (Lipinski definition) is 5. The molecule has 0 amide bonds. The molecule has 0 aliphatic carbocycles. The van der Waals surface area contributed by atoms with Crippen LogP contribution in [0.15, 0.2) is 84.9 Å². The summed E-state index contributed by atoms with van der Waals surface area (Å²) in [6.07, 6.45) is 0. The summed E-state index contributed by atoms with van der Waals surface area (Å²) in [7, 11) is 0. The van der Waals surface area contributed by atoms with E-state index >= 15 is 0 Å². The molecule has 4 aromatic carbocycles. The molecule has 0 aromatic heterocycles. The zero-order valence-electron chi connectivity index (χ0n) is 16.9. The minimum Gasteiger partial charge on any atom is -0.426 e. The molecule has 0 saturated heterocycles. The predicted octanol–water partition coefficient (Wildman–Crippen LogP) is 5.58. The summed E-state index contributed by atoms with van der Waals surface area (Å²) in [6.45, 7) is 0. The Balaban J connectivity index is 1.63. The maximum Gasteiger partial charge on any atom is 0.317 e. The predicted molar refractivity (Wildman–Crippen MR) is 121 cm³/mol. The largest absolute Gasteiger partial charge is 0.426 e. The average Bonchev–Trinajstić information content (AvgIpc) is 2.83. The van der Waals surface area contributed by atoms with Gasteiger partial charge in [-0.15, -0.1) is 0 Å². The fourth-order valence-electron chi connectivity index (χ4n) is 5.14. The number of carbonyl (C=O) groups excluding carboxylic acids is 1. The van der Waals surface area contributed by atoms with E-state index in [0.29, 0.717) is 11.3 Å². The quantitative estimate of drug-likeness (QED) is 0.197. The van der Waals surface area contributed by atoms with Crippen LogP contribution in [0.25, 0.3) is 10.8 Å².